The lowest BCUT2D eigenvalue weighted by Crippen LogP contribution is -2.41. The molecule has 2 aliphatic rings. The van der Waals surface area contributed by atoms with Gasteiger partial charge >= 0.3 is 0 Å². The summed E-state index contributed by atoms with van der Waals surface area (Å²) in [6.07, 6.45) is 2.59. The molecule has 0 aliphatic carbocycles. The Hall–Kier alpha value is -1.59. The maximum atomic E-state index is 12.8. The lowest BCUT2D eigenvalue weighted by Gasteiger charge is -2.29. The van der Waals surface area contributed by atoms with Gasteiger partial charge in [-0.1, -0.05) is 12.1 Å². The van der Waals surface area contributed by atoms with Crippen molar-refractivity contribution in [3.8, 4) is 5.75 Å². The van der Waals surface area contributed by atoms with Crippen LogP contribution in [0.15, 0.2) is 24.3 Å². The van der Waals surface area contributed by atoms with Gasteiger partial charge in [0.2, 0.25) is 5.91 Å². The van der Waals surface area contributed by atoms with Crippen LogP contribution in [0.3, 0.4) is 0 Å². The van der Waals surface area contributed by atoms with Crippen LogP contribution in [0.4, 0.5) is 0 Å². The number of methoxy groups -OCH3 is 1. The first-order chi connectivity index (χ1) is 11.8. The van der Waals surface area contributed by atoms with Gasteiger partial charge in [0.15, 0.2) is 0 Å². The predicted molar refractivity (Wildman–Crippen MR) is 91.1 cm³/mol. The smallest absolute Gasteiger partial charge is 0.225 e. The Morgan fingerprint density at radius 1 is 1.25 bits per heavy atom. The standard InChI is InChI=1S/C19H27NO4/c1-22-18-4-2-3-15(12-18)11-16-13-20(7-10-24-14-16)19(21)17-5-8-23-9-6-17/h2-4,12,16-17H,5-11,13-14H2,1H3/t16-/m1/s1. The molecule has 132 valence electrons. The van der Waals surface area contributed by atoms with Crippen molar-refractivity contribution in [1.29, 1.82) is 0 Å². The van der Waals surface area contributed by atoms with E-state index in [0.29, 0.717) is 38.9 Å². The van der Waals surface area contributed by atoms with Crippen LogP contribution in [0, 0.1) is 11.8 Å². The van der Waals surface area contributed by atoms with Gasteiger partial charge in [-0.15, -0.1) is 0 Å². The highest BCUT2D eigenvalue weighted by atomic mass is 16.5. The Kier molecular flexibility index (Phi) is 6.10. The zero-order chi connectivity index (χ0) is 16.8. The Morgan fingerprint density at radius 2 is 2.08 bits per heavy atom. The average molecular weight is 333 g/mol. The van der Waals surface area contributed by atoms with Crippen LogP contribution in [-0.4, -0.2) is 57.4 Å². The van der Waals surface area contributed by atoms with Gasteiger partial charge in [-0.05, 0) is 37.0 Å². The summed E-state index contributed by atoms with van der Waals surface area (Å²) >= 11 is 0. The molecule has 3 rings (SSSR count). The minimum Gasteiger partial charge on any atom is -0.497 e. The number of ether oxygens (including phenoxy) is 3. The van der Waals surface area contributed by atoms with Crippen molar-refractivity contribution in [3.05, 3.63) is 29.8 Å². The summed E-state index contributed by atoms with van der Waals surface area (Å²) in [6, 6.07) is 8.14. The first kappa shape index (κ1) is 17.2. The molecule has 1 aromatic rings. The maximum absolute atomic E-state index is 12.8. The molecule has 0 bridgehead atoms. The van der Waals surface area contributed by atoms with E-state index >= 15 is 0 Å². The van der Waals surface area contributed by atoms with Crippen LogP contribution in [0.25, 0.3) is 0 Å². The molecule has 0 unspecified atom stereocenters. The van der Waals surface area contributed by atoms with Gasteiger partial charge in [0, 0.05) is 38.1 Å². The van der Waals surface area contributed by atoms with Gasteiger partial charge in [-0.3, -0.25) is 4.79 Å². The Labute approximate surface area is 143 Å². The molecule has 2 aliphatic heterocycles. The van der Waals surface area contributed by atoms with Crippen molar-refractivity contribution in [3.63, 3.8) is 0 Å². The SMILES string of the molecule is COc1cccc(C[C@H]2COCCN(C(=O)C3CCOCC3)C2)c1. The largest absolute Gasteiger partial charge is 0.497 e. The first-order valence-corrected chi connectivity index (χ1v) is 8.83. The highest BCUT2D eigenvalue weighted by Crippen LogP contribution is 2.22. The van der Waals surface area contributed by atoms with Crippen molar-refractivity contribution in [2.45, 2.75) is 19.3 Å². The third kappa shape index (κ3) is 4.48. The Morgan fingerprint density at radius 3 is 2.88 bits per heavy atom. The molecule has 0 spiro atoms. The van der Waals surface area contributed by atoms with Gasteiger partial charge in [-0.25, -0.2) is 0 Å². The van der Waals surface area contributed by atoms with Crippen LogP contribution in [0.1, 0.15) is 18.4 Å². The normalized spacial score (nSPS) is 22.9. The molecule has 5 heteroatoms. The zero-order valence-corrected chi connectivity index (χ0v) is 14.4. The molecule has 2 saturated heterocycles. The molecule has 0 saturated carbocycles. The minimum absolute atomic E-state index is 0.120. The highest BCUT2D eigenvalue weighted by molar-refractivity contribution is 5.79. The number of amides is 1. The second kappa shape index (κ2) is 8.49. The molecule has 1 atom stereocenters. The molecule has 0 radical (unpaired) electrons. The van der Waals surface area contributed by atoms with Crippen molar-refractivity contribution >= 4 is 5.91 Å². The van der Waals surface area contributed by atoms with Crippen molar-refractivity contribution in [1.82, 2.24) is 4.90 Å². The van der Waals surface area contributed by atoms with Gasteiger partial charge in [-0.2, -0.15) is 0 Å². The first-order valence-electron chi connectivity index (χ1n) is 8.83. The van der Waals surface area contributed by atoms with Gasteiger partial charge in [0.1, 0.15) is 5.75 Å². The Bertz CT molecular complexity index is 542. The summed E-state index contributed by atoms with van der Waals surface area (Å²) in [5.41, 5.74) is 1.23. The minimum atomic E-state index is 0.120. The molecule has 5 nitrogen and oxygen atoms in total. The maximum Gasteiger partial charge on any atom is 0.225 e. The molecular weight excluding hydrogens is 306 g/mol. The second-order valence-electron chi connectivity index (χ2n) is 6.67. The van der Waals surface area contributed by atoms with E-state index in [1.165, 1.54) is 5.56 Å². The number of rotatable bonds is 4. The number of nitrogens with zero attached hydrogens (tertiary/aromatic N) is 1. The van der Waals surface area contributed by atoms with E-state index in [-0.39, 0.29) is 11.8 Å². The molecule has 24 heavy (non-hydrogen) atoms. The fourth-order valence-electron chi connectivity index (χ4n) is 3.54. The highest BCUT2D eigenvalue weighted by Gasteiger charge is 2.29. The lowest BCUT2D eigenvalue weighted by atomic mass is 9.96. The fraction of sp³-hybridized carbons (Fsp3) is 0.632. The third-order valence-electron chi connectivity index (χ3n) is 4.88. The quantitative estimate of drug-likeness (QED) is 0.847. The summed E-state index contributed by atoms with van der Waals surface area (Å²) < 4.78 is 16.4. The third-order valence-corrected chi connectivity index (χ3v) is 4.88. The summed E-state index contributed by atoms with van der Waals surface area (Å²) in [4.78, 5) is 14.8. The lowest BCUT2D eigenvalue weighted by molar-refractivity contribution is -0.138. The number of hydrogen-bond donors (Lipinski definition) is 0. The van der Waals surface area contributed by atoms with Crippen LogP contribution in [-0.2, 0) is 20.7 Å². The van der Waals surface area contributed by atoms with E-state index in [2.05, 4.69) is 12.1 Å². The van der Waals surface area contributed by atoms with E-state index in [4.69, 9.17) is 14.2 Å². The molecular formula is C19H27NO4. The summed E-state index contributed by atoms with van der Waals surface area (Å²) in [6.45, 7) is 4.21. The topological polar surface area (TPSA) is 48.0 Å². The van der Waals surface area contributed by atoms with Crippen molar-refractivity contribution in [2.75, 3.05) is 46.6 Å². The van der Waals surface area contributed by atoms with E-state index < -0.39 is 0 Å². The molecule has 2 heterocycles. The van der Waals surface area contributed by atoms with E-state index in [1.54, 1.807) is 7.11 Å². The monoisotopic (exact) mass is 333 g/mol. The molecule has 0 aromatic heterocycles. The van der Waals surface area contributed by atoms with Crippen molar-refractivity contribution < 1.29 is 19.0 Å². The summed E-state index contributed by atoms with van der Waals surface area (Å²) in [5.74, 6) is 1.59. The Balaban J connectivity index is 1.62. The summed E-state index contributed by atoms with van der Waals surface area (Å²) in [5, 5.41) is 0. The van der Waals surface area contributed by atoms with Crippen LogP contribution in [0.5, 0.6) is 5.75 Å². The van der Waals surface area contributed by atoms with Crippen molar-refractivity contribution in [2.24, 2.45) is 11.8 Å². The second-order valence-corrected chi connectivity index (χ2v) is 6.67. The van der Waals surface area contributed by atoms with Crippen LogP contribution in [0.2, 0.25) is 0 Å². The average Bonchev–Trinajstić information content (AvgIpc) is 2.87. The van der Waals surface area contributed by atoms with Crippen LogP contribution >= 0.6 is 0 Å². The number of carbonyl (C=O) groups excluding carboxylic acids is 1. The number of carbonyl (C=O) groups is 1. The predicted octanol–water partition coefficient (Wildman–Crippen LogP) is 2.14. The molecule has 2 fully saturated rings. The van der Waals surface area contributed by atoms with Gasteiger partial charge in [0.25, 0.3) is 0 Å². The number of benzene rings is 1. The summed E-state index contributed by atoms with van der Waals surface area (Å²) in [7, 11) is 1.68. The van der Waals surface area contributed by atoms with Gasteiger partial charge < -0.3 is 19.1 Å². The van der Waals surface area contributed by atoms with Crippen LogP contribution < -0.4 is 4.74 Å². The van der Waals surface area contributed by atoms with E-state index in [0.717, 1.165) is 31.6 Å². The van der Waals surface area contributed by atoms with Gasteiger partial charge in [0.05, 0.1) is 20.3 Å². The molecule has 1 amide bonds. The fourth-order valence-corrected chi connectivity index (χ4v) is 3.54. The molecule has 0 N–H and O–H groups in total. The number of hydrogen-bond acceptors (Lipinski definition) is 4. The van der Waals surface area contributed by atoms with E-state index in [9.17, 15) is 4.79 Å². The zero-order valence-electron chi connectivity index (χ0n) is 14.4. The molecule has 1 aromatic carbocycles. The van der Waals surface area contributed by atoms with E-state index in [1.807, 2.05) is 17.0 Å².